The lowest BCUT2D eigenvalue weighted by atomic mass is 9.98. The Hall–Kier alpha value is -2.66. The van der Waals surface area contributed by atoms with E-state index >= 15 is 0 Å². The number of piperidine rings is 1. The molecule has 29 heavy (non-hydrogen) atoms. The number of anilines is 2. The first-order chi connectivity index (χ1) is 13.9. The Labute approximate surface area is 176 Å². The number of aryl methyl sites for hydroxylation is 2. The molecular formula is C23H25ClN4O. The number of pyridine rings is 2. The Morgan fingerprint density at radius 3 is 2.69 bits per heavy atom. The number of likely N-dealkylation sites (tertiary alicyclic amines) is 1. The number of hydrogen-bond acceptors (Lipinski definition) is 4. The predicted octanol–water partition coefficient (Wildman–Crippen LogP) is 5.52. The van der Waals surface area contributed by atoms with Gasteiger partial charge in [0.15, 0.2) is 5.65 Å². The van der Waals surface area contributed by atoms with E-state index in [1.54, 1.807) is 6.20 Å². The zero-order chi connectivity index (χ0) is 20.5. The lowest BCUT2D eigenvalue weighted by Gasteiger charge is -2.31. The molecular weight excluding hydrogens is 384 g/mol. The van der Waals surface area contributed by atoms with Gasteiger partial charge in [0, 0.05) is 41.1 Å². The summed E-state index contributed by atoms with van der Waals surface area (Å²) in [7, 11) is 0. The van der Waals surface area contributed by atoms with E-state index < -0.39 is 0 Å². The Morgan fingerprint density at radius 2 is 1.93 bits per heavy atom. The molecule has 4 rings (SSSR count). The summed E-state index contributed by atoms with van der Waals surface area (Å²) < 4.78 is 0. The number of carbonyl (C=O) groups excluding carboxylic acids is 1. The van der Waals surface area contributed by atoms with E-state index in [1.165, 1.54) is 0 Å². The number of aromatic nitrogens is 2. The average Bonchev–Trinajstić information content (AvgIpc) is 2.70. The molecule has 5 nitrogen and oxygen atoms in total. The van der Waals surface area contributed by atoms with E-state index in [2.05, 4.69) is 22.2 Å². The summed E-state index contributed by atoms with van der Waals surface area (Å²) in [4.78, 5) is 24.3. The van der Waals surface area contributed by atoms with E-state index in [0.29, 0.717) is 22.2 Å². The van der Waals surface area contributed by atoms with Gasteiger partial charge in [-0.3, -0.25) is 4.79 Å². The van der Waals surface area contributed by atoms with Crippen LogP contribution in [0.15, 0.2) is 36.5 Å². The van der Waals surface area contributed by atoms with Gasteiger partial charge in [0.05, 0.1) is 11.3 Å². The van der Waals surface area contributed by atoms with Crippen LogP contribution in [0.4, 0.5) is 11.4 Å². The number of rotatable bonds is 3. The van der Waals surface area contributed by atoms with Crippen LogP contribution >= 0.6 is 11.6 Å². The number of hydrogen-bond donors (Lipinski definition) is 1. The molecule has 0 aliphatic carbocycles. The fourth-order valence-corrected chi connectivity index (χ4v) is 3.89. The van der Waals surface area contributed by atoms with E-state index in [9.17, 15) is 4.79 Å². The molecule has 1 saturated heterocycles. The van der Waals surface area contributed by atoms with Crippen LogP contribution in [0.3, 0.4) is 0 Å². The first-order valence-corrected chi connectivity index (χ1v) is 10.4. The number of benzene rings is 1. The maximum Gasteiger partial charge on any atom is 0.257 e. The molecule has 1 fully saturated rings. The Bertz CT molecular complexity index is 1070. The van der Waals surface area contributed by atoms with Crippen molar-refractivity contribution in [1.82, 2.24) is 14.9 Å². The molecule has 3 heterocycles. The summed E-state index contributed by atoms with van der Waals surface area (Å²) in [6.07, 6.45) is 3.71. The molecule has 1 amide bonds. The third-order valence-corrected chi connectivity index (χ3v) is 5.86. The van der Waals surface area contributed by atoms with E-state index in [1.807, 2.05) is 49.1 Å². The van der Waals surface area contributed by atoms with Crippen molar-refractivity contribution in [3.63, 3.8) is 0 Å². The van der Waals surface area contributed by atoms with Crippen LogP contribution in [0.5, 0.6) is 0 Å². The highest BCUT2D eigenvalue weighted by Gasteiger charge is 2.25. The first kappa shape index (κ1) is 19.6. The van der Waals surface area contributed by atoms with Crippen molar-refractivity contribution in [2.75, 3.05) is 18.4 Å². The van der Waals surface area contributed by atoms with Gasteiger partial charge in [0.1, 0.15) is 0 Å². The second-order valence-corrected chi connectivity index (χ2v) is 8.37. The highest BCUT2D eigenvalue weighted by Crippen LogP contribution is 2.32. The second kappa shape index (κ2) is 7.99. The minimum atomic E-state index is 0.00839. The molecule has 1 N–H and O–H groups in total. The van der Waals surface area contributed by atoms with Gasteiger partial charge >= 0.3 is 0 Å². The van der Waals surface area contributed by atoms with Crippen molar-refractivity contribution in [1.29, 1.82) is 0 Å². The van der Waals surface area contributed by atoms with Crippen molar-refractivity contribution >= 4 is 39.9 Å². The molecule has 0 unspecified atom stereocenters. The predicted molar refractivity (Wildman–Crippen MR) is 118 cm³/mol. The topological polar surface area (TPSA) is 58.1 Å². The SMILES string of the molecule is Cc1ccc2c(Nc3cc(Cl)ccc3C)c(C(=O)N3CCC(C)CC3)cnc2n1. The molecule has 6 heteroatoms. The van der Waals surface area contributed by atoms with Gasteiger partial charge in [-0.1, -0.05) is 24.6 Å². The van der Waals surface area contributed by atoms with Crippen molar-refractivity contribution in [2.45, 2.75) is 33.6 Å². The normalized spacial score (nSPS) is 15.0. The summed E-state index contributed by atoms with van der Waals surface area (Å²) in [5.41, 5.74) is 4.72. The van der Waals surface area contributed by atoms with Crippen LogP contribution < -0.4 is 5.32 Å². The number of amides is 1. The first-order valence-electron chi connectivity index (χ1n) is 10.0. The molecule has 0 radical (unpaired) electrons. The molecule has 0 saturated carbocycles. The number of carbonyl (C=O) groups is 1. The standard InChI is InChI=1S/C23H25ClN4O/c1-14-8-10-28(11-9-14)23(29)19-13-25-22-18(7-5-16(3)26-22)21(19)27-20-12-17(24)6-4-15(20)2/h4-7,12-14H,8-11H2,1-3H3,(H,25,26,27). The lowest BCUT2D eigenvalue weighted by Crippen LogP contribution is -2.38. The number of nitrogens with one attached hydrogen (secondary N) is 1. The third-order valence-electron chi connectivity index (χ3n) is 5.63. The van der Waals surface area contributed by atoms with Gasteiger partial charge in [0.2, 0.25) is 0 Å². The molecule has 150 valence electrons. The zero-order valence-corrected chi connectivity index (χ0v) is 17.8. The van der Waals surface area contributed by atoms with Gasteiger partial charge < -0.3 is 10.2 Å². The minimum Gasteiger partial charge on any atom is -0.354 e. The van der Waals surface area contributed by atoms with Crippen molar-refractivity contribution in [3.05, 3.63) is 58.4 Å². The van der Waals surface area contributed by atoms with Crippen LogP contribution in [-0.4, -0.2) is 33.9 Å². The monoisotopic (exact) mass is 408 g/mol. The summed E-state index contributed by atoms with van der Waals surface area (Å²) in [5, 5.41) is 4.93. The number of halogens is 1. The number of nitrogens with zero attached hydrogens (tertiary/aromatic N) is 3. The van der Waals surface area contributed by atoms with Crippen LogP contribution in [0, 0.1) is 19.8 Å². The van der Waals surface area contributed by atoms with Gasteiger partial charge in [-0.2, -0.15) is 0 Å². The van der Waals surface area contributed by atoms with E-state index in [0.717, 1.165) is 53.9 Å². The quantitative estimate of drug-likeness (QED) is 0.620. The molecule has 1 aromatic carbocycles. The zero-order valence-electron chi connectivity index (χ0n) is 17.0. The van der Waals surface area contributed by atoms with E-state index in [-0.39, 0.29) is 5.91 Å². The van der Waals surface area contributed by atoms with Crippen molar-refractivity contribution < 1.29 is 4.79 Å². The van der Waals surface area contributed by atoms with Crippen LogP contribution in [0.1, 0.15) is 41.4 Å². The molecule has 0 spiro atoms. The van der Waals surface area contributed by atoms with Crippen LogP contribution in [0.2, 0.25) is 5.02 Å². The van der Waals surface area contributed by atoms with Gasteiger partial charge in [0.25, 0.3) is 5.91 Å². The maximum absolute atomic E-state index is 13.4. The van der Waals surface area contributed by atoms with Crippen LogP contribution in [0.25, 0.3) is 11.0 Å². The lowest BCUT2D eigenvalue weighted by molar-refractivity contribution is 0.0698. The Kier molecular flexibility index (Phi) is 5.41. The Balaban J connectivity index is 1.81. The highest BCUT2D eigenvalue weighted by molar-refractivity contribution is 6.31. The molecule has 0 atom stereocenters. The molecule has 1 aliphatic rings. The van der Waals surface area contributed by atoms with Gasteiger partial charge in [-0.25, -0.2) is 9.97 Å². The molecule has 0 bridgehead atoms. The van der Waals surface area contributed by atoms with Crippen molar-refractivity contribution in [2.24, 2.45) is 5.92 Å². The summed E-state index contributed by atoms with van der Waals surface area (Å²) in [5.74, 6) is 0.668. The summed E-state index contributed by atoms with van der Waals surface area (Å²) in [6.45, 7) is 7.74. The van der Waals surface area contributed by atoms with E-state index in [4.69, 9.17) is 11.6 Å². The Morgan fingerprint density at radius 1 is 1.17 bits per heavy atom. The highest BCUT2D eigenvalue weighted by atomic mass is 35.5. The molecule has 1 aliphatic heterocycles. The minimum absolute atomic E-state index is 0.00839. The molecule has 2 aromatic heterocycles. The summed E-state index contributed by atoms with van der Waals surface area (Å²) in [6, 6.07) is 9.61. The maximum atomic E-state index is 13.4. The number of fused-ring (bicyclic) bond motifs is 1. The van der Waals surface area contributed by atoms with Gasteiger partial charge in [-0.15, -0.1) is 0 Å². The van der Waals surface area contributed by atoms with Gasteiger partial charge in [-0.05, 0) is 62.4 Å². The van der Waals surface area contributed by atoms with Crippen LogP contribution in [-0.2, 0) is 0 Å². The summed E-state index contributed by atoms with van der Waals surface area (Å²) >= 11 is 6.22. The largest absolute Gasteiger partial charge is 0.354 e. The average molecular weight is 409 g/mol. The second-order valence-electron chi connectivity index (χ2n) is 7.93. The fraction of sp³-hybridized carbons (Fsp3) is 0.348. The smallest absolute Gasteiger partial charge is 0.257 e. The fourth-order valence-electron chi connectivity index (χ4n) is 3.71. The molecule has 3 aromatic rings. The van der Waals surface area contributed by atoms with Crippen molar-refractivity contribution in [3.8, 4) is 0 Å². The third kappa shape index (κ3) is 4.06.